The molecule has 96 valence electrons. The van der Waals surface area contributed by atoms with E-state index in [-0.39, 0.29) is 0 Å². The molecule has 2 rings (SSSR count). The number of benzene rings is 1. The van der Waals surface area contributed by atoms with Gasteiger partial charge in [-0.2, -0.15) is 18.4 Å². The lowest BCUT2D eigenvalue weighted by molar-refractivity contribution is -0.141. The summed E-state index contributed by atoms with van der Waals surface area (Å²) >= 11 is 0. The molecule has 1 aromatic carbocycles. The Kier molecular flexibility index (Phi) is 3.26. The second kappa shape index (κ2) is 4.73. The third-order valence-electron chi connectivity index (χ3n) is 2.73. The van der Waals surface area contributed by atoms with Crippen LogP contribution >= 0.6 is 0 Å². The van der Waals surface area contributed by atoms with Crippen LogP contribution in [0.25, 0.3) is 11.1 Å². The third kappa shape index (κ3) is 2.74. The minimum atomic E-state index is -4.44. The lowest BCUT2D eigenvalue weighted by atomic mass is 9.99. The van der Waals surface area contributed by atoms with Gasteiger partial charge in [0, 0.05) is 11.8 Å². The van der Waals surface area contributed by atoms with Crippen LogP contribution < -0.4 is 0 Å². The average molecular weight is 262 g/mol. The minimum absolute atomic E-state index is 0.459. The molecule has 0 aliphatic rings. The lowest BCUT2D eigenvalue weighted by Gasteiger charge is -2.09. The maximum Gasteiger partial charge on any atom is 0.433 e. The number of hydrogen-bond acceptors (Lipinski definition) is 2. The number of alkyl halides is 3. The lowest BCUT2D eigenvalue weighted by Crippen LogP contribution is -2.07. The molecule has 0 atom stereocenters. The summed E-state index contributed by atoms with van der Waals surface area (Å²) in [4.78, 5) is 3.42. The number of halogens is 3. The molecule has 0 fully saturated rings. The summed E-state index contributed by atoms with van der Waals surface area (Å²) in [7, 11) is 0. The zero-order valence-electron chi connectivity index (χ0n) is 9.99. The van der Waals surface area contributed by atoms with E-state index in [9.17, 15) is 13.2 Å². The largest absolute Gasteiger partial charge is 0.433 e. The van der Waals surface area contributed by atoms with E-state index in [1.165, 1.54) is 12.3 Å². The van der Waals surface area contributed by atoms with Crippen molar-refractivity contribution in [3.63, 3.8) is 0 Å². The third-order valence-corrected chi connectivity index (χ3v) is 2.73. The molecule has 0 saturated carbocycles. The van der Waals surface area contributed by atoms with Gasteiger partial charge < -0.3 is 0 Å². The Bertz CT molecular complexity index is 637. The molecule has 19 heavy (non-hydrogen) atoms. The van der Waals surface area contributed by atoms with Crippen molar-refractivity contribution in [1.29, 1.82) is 5.26 Å². The van der Waals surface area contributed by atoms with Crippen molar-refractivity contribution in [2.75, 3.05) is 0 Å². The van der Waals surface area contributed by atoms with Crippen LogP contribution in [0.4, 0.5) is 13.2 Å². The fourth-order valence-electron chi connectivity index (χ4n) is 1.72. The molecule has 0 aliphatic heterocycles. The van der Waals surface area contributed by atoms with Crippen LogP contribution in [0.1, 0.15) is 16.8 Å². The summed E-state index contributed by atoms with van der Waals surface area (Å²) in [5.41, 5.74) is 1.68. The SMILES string of the molecule is Cc1ccc(C#N)cc1-c1ccc(C(F)(F)F)nc1. The fourth-order valence-corrected chi connectivity index (χ4v) is 1.72. The number of aryl methyl sites for hydroxylation is 1. The number of pyridine rings is 1. The fraction of sp³-hybridized carbons (Fsp3) is 0.143. The number of nitriles is 1. The predicted octanol–water partition coefficient (Wildman–Crippen LogP) is 3.95. The maximum absolute atomic E-state index is 12.4. The summed E-state index contributed by atoms with van der Waals surface area (Å²) in [5.74, 6) is 0. The van der Waals surface area contributed by atoms with Crippen LogP contribution in [0.3, 0.4) is 0 Å². The standard InChI is InChI=1S/C14H9F3N2/c1-9-2-3-10(7-18)6-12(9)11-4-5-13(19-8-11)14(15,16)17/h2-6,8H,1H3. The first-order chi connectivity index (χ1) is 8.91. The topological polar surface area (TPSA) is 36.7 Å². The Morgan fingerprint density at radius 2 is 1.89 bits per heavy atom. The number of hydrogen-bond donors (Lipinski definition) is 0. The van der Waals surface area contributed by atoms with Crippen molar-refractivity contribution in [2.24, 2.45) is 0 Å². The first-order valence-electron chi connectivity index (χ1n) is 5.46. The zero-order valence-corrected chi connectivity index (χ0v) is 9.99. The highest BCUT2D eigenvalue weighted by Crippen LogP contribution is 2.30. The van der Waals surface area contributed by atoms with Gasteiger partial charge in [-0.05, 0) is 36.2 Å². The van der Waals surface area contributed by atoms with Crippen LogP contribution in [0, 0.1) is 18.3 Å². The monoisotopic (exact) mass is 262 g/mol. The summed E-state index contributed by atoms with van der Waals surface area (Å²) < 4.78 is 37.2. The second-order valence-electron chi connectivity index (χ2n) is 4.07. The Balaban J connectivity index is 2.46. The van der Waals surface area contributed by atoms with E-state index in [1.54, 1.807) is 18.2 Å². The number of nitrogens with zero attached hydrogens (tertiary/aromatic N) is 2. The van der Waals surface area contributed by atoms with Crippen molar-refractivity contribution in [2.45, 2.75) is 13.1 Å². The molecule has 0 aliphatic carbocycles. The molecule has 2 nitrogen and oxygen atoms in total. The molecule has 0 N–H and O–H groups in total. The molecular formula is C14H9F3N2. The second-order valence-corrected chi connectivity index (χ2v) is 4.07. The van der Waals surface area contributed by atoms with Crippen LogP contribution in [0.5, 0.6) is 0 Å². The van der Waals surface area contributed by atoms with Crippen LogP contribution in [-0.2, 0) is 6.18 Å². The predicted molar refractivity (Wildman–Crippen MR) is 64.1 cm³/mol. The van der Waals surface area contributed by atoms with Gasteiger partial charge in [-0.3, -0.25) is 4.98 Å². The Morgan fingerprint density at radius 3 is 2.42 bits per heavy atom. The summed E-state index contributed by atoms with van der Waals surface area (Å²) in [5, 5.41) is 8.84. The van der Waals surface area contributed by atoms with Crippen molar-refractivity contribution in [3.05, 3.63) is 53.3 Å². The average Bonchev–Trinajstić information content (AvgIpc) is 2.38. The Hall–Kier alpha value is -2.35. The molecule has 0 bridgehead atoms. The van der Waals surface area contributed by atoms with Crippen LogP contribution in [-0.4, -0.2) is 4.98 Å². The smallest absolute Gasteiger partial charge is 0.251 e. The number of rotatable bonds is 1. The molecule has 0 radical (unpaired) electrons. The summed E-state index contributed by atoms with van der Waals surface area (Å²) in [6.07, 6.45) is -3.27. The summed E-state index contributed by atoms with van der Waals surface area (Å²) in [6, 6.07) is 9.36. The van der Waals surface area contributed by atoms with Gasteiger partial charge in [0.15, 0.2) is 0 Å². The minimum Gasteiger partial charge on any atom is -0.251 e. The maximum atomic E-state index is 12.4. The molecule has 2 aromatic rings. The van der Waals surface area contributed by atoms with E-state index in [0.29, 0.717) is 16.7 Å². The van der Waals surface area contributed by atoms with Crippen LogP contribution in [0.15, 0.2) is 36.5 Å². The van der Waals surface area contributed by atoms with Gasteiger partial charge >= 0.3 is 6.18 Å². The first kappa shape index (κ1) is 13.1. The van der Waals surface area contributed by atoms with Crippen molar-refractivity contribution in [1.82, 2.24) is 4.98 Å². The van der Waals surface area contributed by atoms with Crippen molar-refractivity contribution >= 4 is 0 Å². The Labute approximate surface area is 108 Å². The van der Waals surface area contributed by atoms with E-state index in [2.05, 4.69) is 4.98 Å². The quantitative estimate of drug-likeness (QED) is 0.780. The van der Waals surface area contributed by atoms with Gasteiger partial charge in [0.1, 0.15) is 5.69 Å². The highest BCUT2D eigenvalue weighted by Gasteiger charge is 2.32. The highest BCUT2D eigenvalue weighted by atomic mass is 19.4. The van der Waals surface area contributed by atoms with E-state index in [0.717, 1.165) is 11.6 Å². The van der Waals surface area contributed by atoms with Gasteiger partial charge in [-0.15, -0.1) is 0 Å². The molecule has 5 heteroatoms. The van der Waals surface area contributed by atoms with Gasteiger partial charge in [0.05, 0.1) is 11.6 Å². The van der Waals surface area contributed by atoms with Gasteiger partial charge in [-0.25, -0.2) is 0 Å². The molecule has 0 spiro atoms. The van der Waals surface area contributed by atoms with Crippen molar-refractivity contribution < 1.29 is 13.2 Å². The van der Waals surface area contributed by atoms with Gasteiger partial charge in [0.2, 0.25) is 0 Å². The van der Waals surface area contributed by atoms with E-state index < -0.39 is 11.9 Å². The van der Waals surface area contributed by atoms with Crippen molar-refractivity contribution in [3.8, 4) is 17.2 Å². The van der Waals surface area contributed by atoms with Gasteiger partial charge in [0.25, 0.3) is 0 Å². The van der Waals surface area contributed by atoms with E-state index >= 15 is 0 Å². The molecule has 0 amide bonds. The molecule has 1 heterocycles. The molecule has 1 aromatic heterocycles. The summed E-state index contributed by atoms with van der Waals surface area (Å²) in [6.45, 7) is 1.83. The Morgan fingerprint density at radius 1 is 1.16 bits per heavy atom. The number of aromatic nitrogens is 1. The zero-order chi connectivity index (χ0) is 14.0. The van der Waals surface area contributed by atoms with Gasteiger partial charge in [-0.1, -0.05) is 12.1 Å². The highest BCUT2D eigenvalue weighted by molar-refractivity contribution is 5.68. The first-order valence-corrected chi connectivity index (χ1v) is 5.46. The normalized spacial score (nSPS) is 11.1. The van der Waals surface area contributed by atoms with E-state index in [1.807, 2.05) is 13.0 Å². The van der Waals surface area contributed by atoms with Crippen LogP contribution in [0.2, 0.25) is 0 Å². The molecule has 0 unspecified atom stereocenters. The molecule has 0 saturated heterocycles. The molecular weight excluding hydrogens is 253 g/mol. The van der Waals surface area contributed by atoms with E-state index in [4.69, 9.17) is 5.26 Å².